The third kappa shape index (κ3) is 3.67. The average Bonchev–Trinajstić information content (AvgIpc) is 3.47. The van der Waals surface area contributed by atoms with Gasteiger partial charge in [0.25, 0.3) is 0 Å². The van der Waals surface area contributed by atoms with Crippen LogP contribution in [0.3, 0.4) is 0 Å². The lowest BCUT2D eigenvalue weighted by atomic mass is 9.73. The van der Waals surface area contributed by atoms with E-state index in [2.05, 4.69) is 9.89 Å². The van der Waals surface area contributed by atoms with Crippen molar-refractivity contribution in [2.45, 2.75) is 70.4 Å². The van der Waals surface area contributed by atoms with Crippen LogP contribution in [0, 0.1) is 23.7 Å². The number of ketones is 1. The molecule has 7 nitrogen and oxygen atoms in total. The highest BCUT2D eigenvalue weighted by Crippen LogP contribution is 2.54. The minimum Gasteiger partial charge on any atom is -0.469 e. The molecular formula is C21H30N2O5. The predicted molar refractivity (Wildman–Crippen MR) is 101 cm³/mol. The zero-order valence-corrected chi connectivity index (χ0v) is 16.6. The van der Waals surface area contributed by atoms with Gasteiger partial charge in [-0.15, -0.1) is 0 Å². The van der Waals surface area contributed by atoms with E-state index in [4.69, 9.17) is 4.84 Å². The number of methoxy groups -OCH3 is 1. The summed E-state index contributed by atoms with van der Waals surface area (Å²) < 4.78 is 4.66. The van der Waals surface area contributed by atoms with E-state index in [0.717, 1.165) is 44.4 Å². The minimum absolute atomic E-state index is 0.0345. The highest BCUT2D eigenvalue weighted by Gasteiger charge is 2.53. The van der Waals surface area contributed by atoms with E-state index in [1.165, 1.54) is 7.11 Å². The summed E-state index contributed by atoms with van der Waals surface area (Å²) in [6.45, 7) is 0.742. The first-order valence-electron chi connectivity index (χ1n) is 10.7. The number of esters is 1. The number of hydrogen-bond donors (Lipinski definition) is 0. The third-order valence-corrected chi connectivity index (χ3v) is 7.09. The molecule has 0 aromatic rings. The fourth-order valence-corrected chi connectivity index (χ4v) is 5.79. The molecule has 1 saturated heterocycles. The molecule has 2 aliphatic heterocycles. The Morgan fingerprint density at radius 3 is 2.75 bits per heavy atom. The summed E-state index contributed by atoms with van der Waals surface area (Å²) in [6, 6.07) is 0. The van der Waals surface area contributed by atoms with E-state index in [0.29, 0.717) is 49.7 Å². The van der Waals surface area contributed by atoms with E-state index in [9.17, 15) is 14.4 Å². The van der Waals surface area contributed by atoms with E-state index in [-0.39, 0.29) is 29.9 Å². The van der Waals surface area contributed by atoms with E-state index < -0.39 is 0 Å². The molecule has 0 spiro atoms. The first kappa shape index (κ1) is 19.4. The van der Waals surface area contributed by atoms with Crippen molar-refractivity contribution >= 4 is 23.4 Å². The van der Waals surface area contributed by atoms with Crippen molar-refractivity contribution in [2.75, 3.05) is 13.7 Å². The number of likely N-dealkylation sites (tertiary alicyclic amines) is 1. The van der Waals surface area contributed by atoms with Gasteiger partial charge in [0.05, 0.1) is 12.8 Å². The molecule has 2 bridgehead atoms. The molecule has 154 valence electrons. The summed E-state index contributed by atoms with van der Waals surface area (Å²) in [6.07, 6.45) is 7.54. The van der Waals surface area contributed by atoms with Crippen LogP contribution in [-0.4, -0.2) is 48.2 Å². The highest BCUT2D eigenvalue weighted by atomic mass is 16.7. The number of oxime groups is 1. The Kier molecular flexibility index (Phi) is 5.69. The summed E-state index contributed by atoms with van der Waals surface area (Å²) in [5, 5.41) is 4.37. The van der Waals surface area contributed by atoms with Crippen LogP contribution >= 0.6 is 0 Å². The van der Waals surface area contributed by atoms with E-state index in [1.807, 2.05) is 0 Å². The Labute approximate surface area is 165 Å². The number of amides is 1. The highest BCUT2D eigenvalue weighted by molar-refractivity contribution is 5.95. The van der Waals surface area contributed by atoms with E-state index in [1.54, 1.807) is 4.90 Å². The first-order chi connectivity index (χ1) is 13.6. The van der Waals surface area contributed by atoms with Gasteiger partial charge in [-0.2, -0.15) is 0 Å². The third-order valence-electron chi connectivity index (χ3n) is 7.09. The summed E-state index contributed by atoms with van der Waals surface area (Å²) in [4.78, 5) is 43.7. The zero-order chi connectivity index (χ0) is 19.7. The number of fused-ring (bicyclic) bond motifs is 2. The van der Waals surface area contributed by atoms with Gasteiger partial charge in [-0.3, -0.25) is 14.4 Å². The number of nitrogens with zero attached hydrogens (tertiary/aromatic N) is 2. The molecule has 28 heavy (non-hydrogen) atoms. The molecule has 0 aromatic carbocycles. The van der Waals surface area contributed by atoms with Crippen molar-refractivity contribution in [1.29, 1.82) is 0 Å². The number of rotatable bonds is 8. The molecule has 4 aliphatic rings. The monoisotopic (exact) mass is 390 g/mol. The Morgan fingerprint density at radius 2 is 2.00 bits per heavy atom. The lowest BCUT2D eigenvalue weighted by molar-refractivity contribution is -0.141. The molecule has 7 heteroatoms. The van der Waals surface area contributed by atoms with Crippen LogP contribution in [0.1, 0.15) is 64.2 Å². The van der Waals surface area contributed by atoms with Crippen LogP contribution in [0.15, 0.2) is 5.16 Å². The Hall–Kier alpha value is -1.92. The van der Waals surface area contributed by atoms with Gasteiger partial charge >= 0.3 is 5.97 Å². The molecule has 1 unspecified atom stereocenters. The molecule has 0 aromatic heterocycles. The first-order valence-corrected chi connectivity index (χ1v) is 10.7. The average molecular weight is 390 g/mol. The SMILES string of the molecule is COC(=O)CCCCC(=O)[C@H]1[C@H]2CC[C@H](C2)[C@@H]1C1=NOC(N2CCCC2=O)C1. The van der Waals surface area contributed by atoms with Gasteiger partial charge in [0.2, 0.25) is 12.1 Å². The maximum Gasteiger partial charge on any atom is 0.305 e. The molecule has 0 radical (unpaired) electrons. The molecule has 2 heterocycles. The van der Waals surface area contributed by atoms with Crippen molar-refractivity contribution < 1.29 is 24.0 Å². The number of unbranched alkanes of at least 4 members (excludes halogenated alkanes) is 1. The zero-order valence-electron chi connectivity index (χ0n) is 16.6. The molecule has 5 atom stereocenters. The summed E-state index contributed by atoms with van der Waals surface area (Å²) in [5.41, 5.74) is 0.991. The Morgan fingerprint density at radius 1 is 1.21 bits per heavy atom. The van der Waals surface area contributed by atoms with Gasteiger partial charge in [0.15, 0.2) is 0 Å². The van der Waals surface area contributed by atoms with Gasteiger partial charge in [0, 0.05) is 44.1 Å². The predicted octanol–water partition coefficient (Wildman–Crippen LogP) is 2.68. The molecule has 3 fully saturated rings. The normalized spacial score (nSPS) is 33.9. The fraction of sp³-hybridized carbons (Fsp3) is 0.810. The van der Waals surface area contributed by atoms with Crippen LogP contribution in [0.5, 0.6) is 0 Å². The molecule has 2 aliphatic carbocycles. The molecule has 2 saturated carbocycles. The largest absolute Gasteiger partial charge is 0.469 e. The molecule has 0 N–H and O–H groups in total. The van der Waals surface area contributed by atoms with Gasteiger partial charge in [0.1, 0.15) is 5.78 Å². The van der Waals surface area contributed by atoms with Crippen LogP contribution in [0.25, 0.3) is 0 Å². The minimum atomic E-state index is -0.278. The second kappa shape index (κ2) is 8.21. The number of hydrogen-bond acceptors (Lipinski definition) is 6. The Balaban J connectivity index is 1.35. The second-order valence-corrected chi connectivity index (χ2v) is 8.67. The maximum atomic E-state index is 13.0. The smallest absolute Gasteiger partial charge is 0.305 e. The van der Waals surface area contributed by atoms with Crippen molar-refractivity contribution in [1.82, 2.24) is 4.90 Å². The summed E-state index contributed by atoms with van der Waals surface area (Å²) >= 11 is 0. The van der Waals surface area contributed by atoms with Crippen molar-refractivity contribution in [3.8, 4) is 0 Å². The van der Waals surface area contributed by atoms with Gasteiger partial charge < -0.3 is 14.5 Å². The maximum absolute atomic E-state index is 13.0. The van der Waals surface area contributed by atoms with Crippen LogP contribution in [-0.2, 0) is 24.0 Å². The van der Waals surface area contributed by atoms with Crippen LogP contribution in [0.2, 0.25) is 0 Å². The molecule has 4 rings (SSSR count). The number of ether oxygens (including phenoxy) is 1. The van der Waals surface area contributed by atoms with Crippen LogP contribution < -0.4 is 0 Å². The number of carbonyl (C=O) groups excluding carboxylic acids is 3. The van der Waals surface area contributed by atoms with Crippen molar-refractivity contribution in [3.63, 3.8) is 0 Å². The van der Waals surface area contributed by atoms with Crippen LogP contribution in [0.4, 0.5) is 0 Å². The summed E-state index contributed by atoms with van der Waals surface area (Å²) in [5.74, 6) is 1.42. The van der Waals surface area contributed by atoms with Crippen molar-refractivity contribution in [2.24, 2.45) is 28.8 Å². The standard InChI is InChI=1S/C21H30N2O5/c1-27-19(26)7-3-2-5-16(24)21-14-9-8-13(11-14)20(21)15-12-18(28-22-15)23-10-4-6-17(23)25/h13-14,18,20-21H,2-12H2,1H3/t13-,14+,18?,20-,21-/m1/s1. The number of Topliss-reactive ketones (excluding diaryl/α,β-unsaturated/α-hetero) is 1. The Bertz CT molecular complexity index is 676. The van der Waals surface area contributed by atoms with Crippen molar-refractivity contribution in [3.05, 3.63) is 0 Å². The van der Waals surface area contributed by atoms with Gasteiger partial charge in [-0.1, -0.05) is 5.16 Å². The topological polar surface area (TPSA) is 85.3 Å². The fourth-order valence-electron chi connectivity index (χ4n) is 5.79. The summed E-state index contributed by atoms with van der Waals surface area (Å²) in [7, 11) is 1.39. The molecular weight excluding hydrogens is 360 g/mol. The second-order valence-electron chi connectivity index (χ2n) is 8.67. The molecule has 1 amide bonds. The lowest BCUT2D eigenvalue weighted by Gasteiger charge is -2.30. The number of carbonyl (C=O) groups is 3. The lowest BCUT2D eigenvalue weighted by Crippen LogP contribution is -2.39. The van der Waals surface area contributed by atoms with Gasteiger partial charge in [-0.25, -0.2) is 0 Å². The quantitative estimate of drug-likeness (QED) is 0.470. The van der Waals surface area contributed by atoms with E-state index >= 15 is 0 Å². The van der Waals surface area contributed by atoms with Gasteiger partial charge in [-0.05, 0) is 50.4 Å².